The molecule has 0 aromatic rings. The average molecular weight is 180 g/mol. The minimum absolute atomic E-state index is 0.886. The van der Waals surface area contributed by atoms with E-state index in [0.717, 1.165) is 17.8 Å². The van der Waals surface area contributed by atoms with Crippen molar-refractivity contribution >= 4 is 0 Å². The summed E-state index contributed by atoms with van der Waals surface area (Å²) in [5.74, 6) is 2.83. The van der Waals surface area contributed by atoms with Gasteiger partial charge in [0, 0.05) is 0 Å². The summed E-state index contributed by atoms with van der Waals surface area (Å²) in [4.78, 5) is 0. The van der Waals surface area contributed by atoms with E-state index in [1.165, 1.54) is 32.1 Å². The Labute approximate surface area is 83.4 Å². The lowest BCUT2D eigenvalue weighted by atomic mass is 9.78. The number of rotatable bonds is 5. The van der Waals surface area contributed by atoms with Gasteiger partial charge in [-0.3, -0.25) is 0 Å². The highest BCUT2D eigenvalue weighted by Crippen LogP contribution is 2.37. The third-order valence-corrected chi connectivity index (χ3v) is 3.60. The van der Waals surface area contributed by atoms with Gasteiger partial charge in [0.25, 0.3) is 0 Å². The molecule has 76 valence electrons. The molecule has 0 aromatic carbocycles. The van der Waals surface area contributed by atoms with Crippen molar-refractivity contribution < 1.29 is 0 Å². The molecule has 13 heavy (non-hydrogen) atoms. The van der Waals surface area contributed by atoms with Gasteiger partial charge in [0.05, 0.1) is 0 Å². The van der Waals surface area contributed by atoms with Crippen molar-refractivity contribution in [2.45, 2.75) is 52.9 Å². The van der Waals surface area contributed by atoms with Gasteiger partial charge in [-0.15, -0.1) is 0 Å². The van der Waals surface area contributed by atoms with Crippen molar-refractivity contribution in [2.75, 3.05) is 0 Å². The van der Waals surface area contributed by atoms with Crippen LogP contribution in [-0.2, 0) is 0 Å². The molecule has 0 heteroatoms. The maximum absolute atomic E-state index is 2.45. The summed E-state index contributed by atoms with van der Waals surface area (Å²) in [6, 6.07) is 0. The summed E-state index contributed by atoms with van der Waals surface area (Å²) < 4.78 is 0. The van der Waals surface area contributed by atoms with E-state index >= 15 is 0 Å². The van der Waals surface area contributed by atoms with Gasteiger partial charge in [0.1, 0.15) is 0 Å². The highest BCUT2D eigenvalue weighted by atomic mass is 14.3. The Hall–Kier alpha value is -0.260. The molecule has 0 aromatic heterocycles. The molecule has 0 bridgehead atoms. The lowest BCUT2D eigenvalue weighted by Crippen LogP contribution is -2.18. The van der Waals surface area contributed by atoms with Crippen LogP contribution in [0.4, 0.5) is 0 Å². The van der Waals surface area contributed by atoms with Gasteiger partial charge < -0.3 is 0 Å². The minimum Gasteiger partial charge on any atom is -0.0879 e. The second kappa shape index (κ2) is 5.47. The summed E-state index contributed by atoms with van der Waals surface area (Å²) >= 11 is 0. The molecular formula is C13H24. The Morgan fingerprint density at radius 1 is 1.31 bits per heavy atom. The predicted octanol–water partition coefficient (Wildman–Crippen LogP) is 4.42. The van der Waals surface area contributed by atoms with Crippen molar-refractivity contribution in [3.8, 4) is 0 Å². The third kappa shape index (κ3) is 2.59. The molecule has 0 fully saturated rings. The first-order valence-electron chi connectivity index (χ1n) is 6.00. The fourth-order valence-corrected chi connectivity index (χ4v) is 2.80. The third-order valence-electron chi connectivity index (χ3n) is 3.60. The van der Waals surface area contributed by atoms with Crippen LogP contribution in [0.25, 0.3) is 0 Å². The molecule has 1 aliphatic rings. The molecule has 0 saturated heterocycles. The largest absolute Gasteiger partial charge is 0.0879 e. The van der Waals surface area contributed by atoms with Gasteiger partial charge in [-0.25, -0.2) is 0 Å². The molecule has 0 amide bonds. The maximum Gasteiger partial charge on any atom is -0.0202 e. The second-order valence-corrected chi connectivity index (χ2v) is 4.36. The van der Waals surface area contributed by atoms with E-state index in [1.807, 2.05) is 0 Å². The summed E-state index contributed by atoms with van der Waals surface area (Å²) in [5.41, 5.74) is 0. The molecule has 0 N–H and O–H groups in total. The molecule has 0 saturated carbocycles. The first-order chi connectivity index (χ1) is 6.33. The van der Waals surface area contributed by atoms with E-state index in [2.05, 4.69) is 32.9 Å². The van der Waals surface area contributed by atoms with Crippen LogP contribution in [0.3, 0.4) is 0 Å². The van der Waals surface area contributed by atoms with Crippen molar-refractivity contribution in [3.05, 3.63) is 12.2 Å². The topological polar surface area (TPSA) is 0 Å². The molecule has 3 unspecified atom stereocenters. The fraction of sp³-hybridized carbons (Fsp3) is 0.846. The molecule has 1 rings (SSSR count). The van der Waals surface area contributed by atoms with Crippen LogP contribution in [0.15, 0.2) is 12.2 Å². The summed E-state index contributed by atoms with van der Waals surface area (Å²) in [5, 5.41) is 0. The van der Waals surface area contributed by atoms with Crippen LogP contribution < -0.4 is 0 Å². The molecule has 0 heterocycles. The lowest BCUT2D eigenvalue weighted by molar-refractivity contribution is 0.250. The monoisotopic (exact) mass is 180 g/mol. The van der Waals surface area contributed by atoms with Crippen molar-refractivity contribution in [1.29, 1.82) is 0 Å². The van der Waals surface area contributed by atoms with E-state index in [4.69, 9.17) is 0 Å². The second-order valence-electron chi connectivity index (χ2n) is 4.36. The average Bonchev–Trinajstić information content (AvgIpc) is 2.61. The molecule has 0 spiro atoms. The minimum atomic E-state index is 0.886. The Kier molecular flexibility index (Phi) is 4.55. The first kappa shape index (κ1) is 10.8. The van der Waals surface area contributed by atoms with Gasteiger partial charge in [-0.1, -0.05) is 52.2 Å². The Morgan fingerprint density at radius 3 is 2.62 bits per heavy atom. The van der Waals surface area contributed by atoms with Gasteiger partial charge in [-0.2, -0.15) is 0 Å². The first-order valence-corrected chi connectivity index (χ1v) is 6.00. The molecular weight excluding hydrogens is 156 g/mol. The van der Waals surface area contributed by atoms with Crippen molar-refractivity contribution in [3.63, 3.8) is 0 Å². The SMILES string of the molecule is CCCC(CC)C1CC=CC1CC. The van der Waals surface area contributed by atoms with E-state index in [1.54, 1.807) is 0 Å². The van der Waals surface area contributed by atoms with Crippen LogP contribution >= 0.6 is 0 Å². The van der Waals surface area contributed by atoms with Crippen LogP contribution in [0.2, 0.25) is 0 Å². The van der Waals surface area contributed by atoms with Gasteiger partial charge in [0.15, 0.2) is 0 Å². The van der Waals surface area contributed by atoms with E-state index in [-0.39, 0.29) is 0 Å². The quantitative estimate of drug-likeness (QED) is 0.550. The van der Waals surface area contributed by atoms with Crippen LogP contribution in [0, 0.1) is 17.8 Å². The summed E-state index contributed by atoms with van der Waals surface area (Å²) in [6.45, 7) is 6.99. The highest BCUT2D eigenvalue weighted by molar-refractivity contribution is 5.02. The van der Waals surface area contributed by atoms with E-state index in [9.17, 15) is 0 Å². The Balaban J connectivity index is 2.48. The molecule has 0 aliphatic heterocycles. The number of allylic oxidation sites excluding steroid dienone is 2. The van der Waals surface area contributed by atoms with Gasteiger partial charge in [0.2, 0.25) is 0 Å². The maximum atomic E-state index is 2.45. The Bertz CT molecular complexity index is 157. The van der Waals surface area contributed by atoms with Crippen LogP contribution in [-0.4, -0.2) is 0 Å². The van der Waals surface area contributed by atoms with Crippen molar-refractivity contribution in [1.82, 2.24) is 0 Å². The predicted molar refractivity (Wildman–Crippen MR) is 59.7 cm³/mol. The Morgan fingerprint density at radius 2 is 2.08 bits per heavy atom. The zero-order valence-electron chi connectivity index (χ0n) is 9.42. The normalized spacial score (nSPS) is 29.5. The van der Waals surface area contributed by atoms with Gasteiger partial charge >= 0.3 is 0 Å². The summed E-state index contributed by atoms with van der Waals surface area (Å²) in [6.07, 6.45) is 11.7. The smallest absolute Gasteiger partial charge is 0.0202 e. The van der Waals surface area contributed by atoms with E-state index < -0.39 is 0 Å². The fourth-order valence-electron chi connectivity index (χ4n) is 2.80. The van der Waals surface area contributed by atoms with Crippen molar-refractivity contribution in [2.24, 2.45) is 17.8 Å². The van der Waals surface area contributed by atoms with Gasteiger partial charge in [-0.05, 0) is 30.6 Å². The zero-order valence-corrected chi connectivity index (χ0v) is 9.42. The molecule has 3 atom stereocenters. The highest BCUT2D eigenvalue weighted by Gasteiger charge is 2.27. The number of hydrogen-bond acceptors (Lipinski definition) is 0. The number of hydrogen-bond donors (Lipinski definition) is 0. The summed E-state index contributed by atoms with van der Waals surface area (Å²) in [7, 11) is 0. The van der Waals surface area contributed by atoms with E-state index in [0.29, 0.717) is 0 Å². The molecule has 0 radical (unpaired) electrons. The zero-order chi connectivity index (χ0) is 9.68. The molecule has 1 aliphatic carbocycles. The van der Waals surface area contributed by atoms with Crippen LogP contribution in [0.1, 0.15) is 52.9 Å². The standard InChI is InChI=1S/C13H24/c1-4-8-11(5-2)13-10-7-9-12(13)6-3/h7,9,11-13H,4-6,8,10H2,1-3H3. The molecule has 0 nitrogen and oxygen atoms in total. The van der Waals surface area contributed by atoms with Crippen LogP contribution in [0.5, 0.6) is 0 Å². The lowest BCUT2D eigenvalue weighted by Gasteiger charge is -2.27.